The maximum Gasteiger partial charge on any atom is 0.263 e. The third kappa shape index (κ3) is 4.91. The van der Waals surface area contributed by atoms with Crippen molar-refractivity contribution in [3.8, 4) is 6.07 Å². The predicted molar refractivity (Wildman–Crippen MR) is 117 cm³/mol. The van der Waals surface area contributed by atoms with E-state index < -0.39 is 10.0 Å². The summed E-state index contributed by atoms with van der Waals surface area (Å²) < 4.78 is 33.1. The second kappa shape index (κ2) is 8.99. The van der Waals surface area contributed by atoms with E-state index in [4.69, 9.17) is 10.00 Å². The van der Waals surface area contributed by atoms with Gasteiger partial charge in [-0.2, -0.15) is 10.4 Å². The summed E-state index contributed by atoms with van der Waals surface area (Å²) in [5.74, 6) is 0.584. The van der Waals surface area contributed by atoms with Gasteiger partial charge in [0.25, 0.3) is 10.0 Å². The molecule has 1 aliphatic heterocycles. The molecule has 9 nitrogen and oxygen atoms in total. The smallest absolute Gasteiger partial charge is 0.263 e. The standard InChI is InChI=1S/C21H20N6O3S/c22-14-16-3-1-2-4-20(16)31(28,29)26-18-7-5-17(6-8-18)24-21-13-19(15-23-25-21)27-9-11-30-12-10-27/h1-8,13,15,26H,9-12H2,(H,24,25). The van der Waals surface area contributed by atoms with Gasteiger partial charge in [0, 0.05) is 30.5 Å². The van der Waals surface area contributed by atoms with Crippen molar-refractivity contribution in [2.45, 2.75) is 4.90 Å². The Morgan fingerprint density at radius 2 is 1.74 bits per heavy atom. The molecule has 0 radical (unpaired) electrons. The van der Waals surface area contributed by atoms with E-state index in [9.17, 15) is 8.42 Å². The number of nitriles is 1. The highest BCUT2D eigenvalue weighted by molar-refractivity contribution is 7.92. The van der Waals surface area contributed by atoms with Gasteiger partial charge in [0.2, 0.25) is 0 Å². The van der Waals surface area contributed by atoms with Crippen molar-refractivity contribution in [1.82, 2.24) is 10.2 Å². The van der Waals surface area contributed by atoms with E-state index in [1.807, 2.05) is 12.1 Å². The number of nitrogens with zero attached hydrogens (tertiary/aromatic N) is 4. The van der Waals surface area contributed by atoms with E-state index in [-0.39, 0.29) is 10.5 Å². The van der Waals surface area contributed by atoms with Crippen LogP contribution >= 0.6 is 0 Å². The van der Waals surface area contributed by atoms with Gasteiger partial charge in [-0.15, -0.1) is 5.10 Å². The zero-order valence-electron chi connectivity index (χ0n) is 16.5. The molecule has 3 aromatic rings. The molecule has 0 bridgehead atoms. The molecule has 2 aromatic carbocycles. The minimum Gasteiger partial charge on any atom is -0.378 e. The molecule has 0 saturated carbocycles. The molecule has 1 saturated heterocycles. The third-order valence-corrected chi connectivity index (χ3v) is 6.16. The second-order valence-electron chi connectivity index (χ2n) is 6.81. The Balaban J connectivity index is 1.46. The SMILES string of the molecule is N#Cc1ccccc1S(=O)(=O)Nc1ccc(Nc2cc(N3CCOCC3)cnn2)cc1. The maximum atomic E-state index is 12.6. The van der Waals surface area contributed by atoms with Crippen molar-refractivity contribution in [3.05, 3.63) is 66.4 Å². The lowest BCUT2D eigenvalue weighted by Crippen LogP contribution is -2.36. The lowest BCUT2D eigenvalue weighted by Gasteiger charge is -2.28. The van der Waals surface area contributed by atoms with Gasteiger partial charge in [0.05, 0.1) is 30.7 Å². The molecular weight excluding hydrogens is 416 g/mol. The van der Waals surface area contributed by atoms with Crippen molar-refractivity contribution in [2.24, 2.45) is 0 Å². The molecular formula is C21H20N6O3S. The number of hydrogen-bond donors (Lipinski definition) is 2. The first kappa shape index (κ1) is 20.6. The summed E-state index contributed by atoms with van der Waals surface area (Å²) in [6.45, 7) is 2.96. The van der Waals surface area contributed by atoms with Gasteiger partial charge >= 0.3 is 0 Å². The van der Waals surface area contributed by atoms with Crippen LogP contribution in [0.2, 0.25) is 0 Å². The average molecular weight is 436 g/mol. The Bertz CT molecular complexity index is 1200. The van der Waals surface area contributed by atoms with E-state index in [2.05, 4.69) is 25.1 Å². The van der Waals surface area contributed by atoms with Crippen LogP contribution in [-0.2, 0) is 14.8 Å². The lowest BCUT2D eigenvalue weighted by atomic mass is 10.2. The highest BCUT2D eigenvalue weighted by Crippen LogP contribution is 2.23. The topological polar surface area (TPSA) is 120 Å². The molecule has 4 rings (SSSR count). The van der Waals surface area contributed by atoms with Gasteiger partial charge in [0.1, 0.15) is 11.0 Å². The van der Waals surface area contributed by atoms with Crippen LogP contribution in [0.4, 0.5) is 22.9 Å². The quantitative estimate of drug-likeness (QED) is 0.605. The van der Waals surface area contributed by atoms with E-state index in [0.29, 0.717) is 24.7 Å². The molecule has 2 heterocycles. The van der Waals surface area contributed by atoms with Crippen molar-refractivity contribution < 1.29 is 13.2 Å². The number of benzene rings is 2. The summed E-state index contributed by atoms with van der Waals surface area (Å²) in [5, 5.41) is 20.5. The minimum atomic E-state index is -3.88. The van der Waals surface area contributed by atoms with E-state index in [0.717, 1.165) is 24.5 Å². The number of anilines is 4. The third-order valence-electron chi connectivity index (χ3n) is 4.72. The summed E-state index contributed by atoms with van der Waals surface area (Å²) in [4.78, 5) is 2.12. The summed E-state index contributed by atoms with van der Waals surface area (Å²) in [6.07, 6.45) is 1.72. The molecule has 1 aromatic heterocycles. The normalized spacial score (nSPS) is 14.0. The monoisotopic (exact) mass is 436 g/mol. The van der Waals surface area contributed by atoms with E-state index in [1.165, 1.54) is 12.1 Å². The number of sulfonamides is 1. The zero-order valence-corrected chi connectivity index (χ0v) is 17.3. The second-order valence-corrected chi connectivity index (χ2v) is 8.47. The Morgan fingerprint density at radius 1 is 1.03 bits per heavy atom. The molecule has 0 spiro atoms. The Morgan fingerprint density at radius 3 is 2.48 bits per heavy atom. The Labute approximate surface area is 180 Å². The highest BCUT2D eigenvalue weighted by atomic mass is 32.2. The van der Waals surface area contributed by atoms with Crippen molar-refractivity contribution in [1.29, 1.82) is 5.26 Å². The average Bonchev–Trinajstić information content (AvgIpc) is 2.81. The number of aromatic nitrogens is 2. The first-order chi connectivity index (χ1) is 15.0. The van der Waals surface area contributed by atoms with Crippen LogP contribution < -0.4 is 14.9 Å². The molecule has 0 atom stereocenters. The van der Waals surface area contributed by atoms with E-state index in [1.54, 1.807) is 42.6 Å². The number of ether oxygens (including phenoxy) is 1. The molecule has 0 amide bonds. The van der Waals surface area contributed by atoms with Gasteiger partial charge in [-0.1, -0.05) is 12.1 Å². The van der Waals surface area contributed by atoms with Crippen molar-refractivity contribution in [3.63, 3.8) is 0 Å². The van der Waals surface area contributed by atoms with Crippen LogP contribution in [0.3, 0.4) is 0 Å². The number of morpholine rings is 1. The fraction of sp³-hybridized carbons (Fsp3) is 0.190. The highest BCUT2D eigenvalue weighted by Gasteiger charge is 2.18. The van der Waals surface area contributed by atoms with E-state index >= 15 is 0 Å². The first-order valence-corrected chi connectivity index (χ1v) is 11.1. The molecule has 10 heteroatoms. The van der Waals surface area contributed by atoms with Gasteiger partial charge in [-0.05, 0) is 36.4 Å². The molecule has 1 fully saturated rings. The lowest BCUT2D eigenvalue weighted by molar-refractivity contribution is 0.122. The molecule has 0 unspecified atom stereocenters. The van der Waals surface area contributed by atoms with Crippen LogP contribution in [0.25, 0.3) is 0 Å². The van der Waals surface area contributed by atoms with Crippen LogP contribution in [0.1, 0.15) is 5.56 Å². The summed E-state index contributed by atoms with van der Waals surface area (Å²) in [6, 6.07) is 16.6. The Kier molecular flexibility index (Phi) is 5.97. The van der Waals surface area contributed by atoms with Gasteiger partial charge < -0.3 is 15.0 Å². The molecule has 2 N–H and O–H groups in total. The summed E-state index contributed by atoms with van der Waals surface area (Å²) in [5.41, 5.74) is 2.16. The summed E-state index contributed by atoms with van der Waals surface area (Å²) in [7, 11) is -3.88. The molecule has 158 valence electrons. The molecule has 1 aliphatic rings. The number of hydrogen-bond acceptors (Lipinski definition) is 8. The van der Waals surface area contributed by atoms with Gasteiger partial charge in [0.15, 0.2) is 5.82 Å². The van der Waals surface area contributed by atoms with Crippen LogP contribution in [0.15, 0.2) is 65.7 Å². The first-order valence-electron chi connectivity index (χ1n) is 9.60. The number of rotatable bonds is 6. The fourth-order valence-corrected chi connectivity index (χ4v) is 4.40. The van der Waals surface area contributed by atoms with Crippen molar-refractivity contribution >= 4 is 32.9 Å². The van der Waals surface area contributed by atoms with Gasteiger partial charge in [-0.3, -0.25) is 4.72 Å². The molecule has 0 aliphatic carbocycles. The maximum absolute atomic E-state index is 12.6. The van der Waals surface area contributed by atoms with Crippen molar-refractivity contribution in [2.75, 3.05) is 41.2 Å². The summed E-state index contributed by atoms with van der Waals surface area (Å²) >= 11 is 0. The van der Waals surface area contributed by atoms with Crippen LogP contribution in [-0.4, -0.2) is 44.9 Å². The van der Waals surface area contributed by atoms with Gasteiger partial charge in [-0.25, -0.2) is 8.42 Å². The largest absolute Gasteiger partial charge is 0.378 e. The Hall–Kier alpha value is -3.68. The molecule has 31 heavy (non-hydrogen) atoms. The fourth-order valence-electron chi connectivity index (χ4n) is 3.18. The minimum absolute atomic E-state index is 0.0603. The number of nitrogens with one attached hydrogen (secondary N) is 2. The van der Waals surface area contributed by atoms with Crippen LogP contribution in [0, 0.1) is 11.3 Å². The predicted octanol–water partition coefficient (Wildman–Crippen LogP) is 2.73. The zero-order chi connectivity index (χ0) is 21.7. The van der Waals surface area contributed by atoms with Crippen LogP contribution in [0.5, 0.6) is 0 Å².